The second-order valence-corrected chi connectivity index (χ2v) is 4.45. The molecule has 0 radical (unpaired) electrons. The summed E-state index contributed by atoms with van der Waals surface area (Å²) >= 11 is 0. The van der Waals surface area contributed by atoms with Crippen molar-refractivity contribution in [3.05, 3.63) is 29.3 Å². The van der Waals surface area contributed by atoms with Crippen LogP contribution in [-0.4, -0.2) is 38.3 Å². The normalized spacial score (nSPS) is 20.3. The molecule has 0 unspecified atom stereocenters. The minimum atomic E-state index is -0.562. The quantitative estimate of drug-likeness (QED) is 0.825. The van der Waals surface area contributed by atoms with Gasteiger partial charge in [-0.3, -0.25) is 4.90 Å². The highest BCUT2D eigenvalue weighted by Crippen LogP contribution is 2.23. The van der Waals surface area contributed by atoms with Gasteiger partial charge in [0.2, 0.25) is 0 Å². The standard InChI is InChI=1S/C13H17F2NO2/c1-17-9-3-4-16(7-9)8-11-12(14)5-10(18-2)6-13(11)15/h5-6,9H,3-4,7-8H2,1-2H3/t9-/m1/s1. The monoisotopic (exact) mass is 257 g/mol. The SMILES string of the molecule is COc1cc(F)c(CN2CC[C@@H](OC)C2)c(F)c1. The van der Waals surface area contributed by atoms with Gasteiger partial charge in [-0.2, -0.15) is 0 Å². The van der Waals surface area contributed by atoms with Gasteiger partial charge in [0.15, 0.2) is 0 Å². The number of benzene rings is 1. The number of nitrogens with zero attached hydrogens (tertiary/aromatic N) is 1. The van der Waals surface area contributed by atoms with Crippen LogP contribution in [0.15, 0.2) is 12.1 Å². The average Bonchev–Trinajstić information content (AvgIpc) is 2.81. The number of likely N-dealkylation sites (tertiary alicyclic amines) is 1. The first kappa shape index (κ1) is 13.2. The zero-order valence-electron chi connectivity index (χ0n) is 10.6. The van der Waals surface area contributed by atoms with Crippen LogP contribution in [0.3, 0.4) is 0 Å². The Morgan fingerprint density at radius 1 is 1.28 bits per heavy atom. The maximum absolute atomic E-state index is 13.8. The summed E-state index contributed by atoms with van der Waals surface area (Å²) in [5, 5.41) is 0. The Kier molecular flexibility index (Phi) is 4.14. The lowest BCUT2D eigenvalue weighted by molar-refractivity contribution is 0.107. The molecule has 1 heterocycles. The molecule has 5 heteroatoms. The molecule has 0 spiro atoms. The van der Waals surface area contributed by atoms with Crippen LogP contribution in [0.4, 0.5) is 8.78 Å². The largest absolute Gasteiger partial charge is 0.497 e. The van der Waals surface area contributed by atoms with Crippen LogP contribution in [0.25, 0.3) is 0 Å². The molecule has 0 amide bonds. The number of ether oxygens (including phenoxy) is 2. The average molecular weight is 257 g/mol. The van der Waals surface area contributed by atoms with Gasteiger partial charge in [0, 0.05) is 44.4 Å². The van der Waals surface area contributed by atoms with Crippen molar-refractivity contribution in [3.63, 3.8) is 0 Å². The van der Waals surface area contributed by atoms with Gasteiger partial charge in [0.1, 0.15) is 17.4 Å². The van der Waals surface area contributed by atoms with E-state index in [9.17, 15) is 8.78 Å². The molecule has 1 aliphatic heterocycles. The van der Waals surface area contributed by atoms with Gasteiger partial charge in [-0.15, -0.1) is 0 Å². The predicted octanol–water partition coefficient (Wildman–Crippen LogP) is 2.19. The molecular weight excluding hydrogens is 240 g/mol. The van der Waals surface area contributed by atoms with Crippen LogP contribution in [0.1, 0.15) is 12.0 Å². The Morgan fingerprint density at radius 3 is 2.44 bits per heavy atom. The van der Waals surface area contributed by atoms with Gasteiger partial charge in [-0.25, -0.2) is 8.78 Å². The summed E-state index contributed by atoms with van der Waals surface area (Å²) in [4.78, 5) is 1.99. The second-order valence-electron chi connectivity index (χ2n) is 4.45. The zero-order valence-corrected chi connectivity index (χ0v) is 10.6. The van der Waals surface area contributed by atoms with E-state index in [2.05, 4.69) is 0 Å². The summed E-state index contributed by atoms with van der Waals surface area (Å²) in [7, 11) is 3.04. The van der Waals surface area contributed by atoms with Gasteiger partial charge in [-0.05, 0) is 6.42 Å². The number of rotatable bonds is 4. The molecule has 2 rings (SSSR count). The fraction of sp³-hybridized carbons (Fsp3) is 0.538. The molecule has 0 aromatic heterocycles. The molecule has 1 fully saturated rings. The molecule has 1 aromatic rings. The fourth-order valence-electron chi connectivity index (χ4n) is 2.21. The maximum atomic E-state index is 13.8. The first-order valence-corrected chi connectivity index (χ1v) is 5.91. The summed E-state index contributed by atoms with van der Waals surface area (Å²) in [5.41, 5.74) is 0.0903. The van der Waals surface area contributed by atoms with E-state index in [0.717, 1.165) is 13.0 Å². The highest BCUT2D eigenvalue weighted by Gasteiger charge is 2.24. The summed E-state index contributed by atoms with van der Waals surface area (Å²) in [6.45, 7) is 1.77. The number of halogens is 2. The topological polar surface area (TPSA) is 21.7 Å². The van der Waals surface area contributed by atoms with Crippen molar-refractivity contribution < 1.29 is 18.3 Å². The first-order valence-electron chi connectivity index (χ1n) is 5.91. The third-order valence-electron chi connectivity index (χ3n) is 3.29. The van der Waals surface area contributed by atoms with E-state index in [-0.39, 0.29) is 24.0 Å². The third-order valence-corrected chi connectivity index (χ3v) is 3.29. The third kappa shape index (κ3) is 2.79. The van der Waals surface area contributed by atoms with Crippen LogP contribution in [-0.2, 0) is 11.3 Å². The second kappa shape index (κ2) is 5.63. The molecule has 18 heavy (non-hydrogen) atoms. The molecule has 1 atom stereocenters. The minimum Gasteiger partial charge on any atom is -0.497 e. The molecule has 0 saturated carbocycles. The summed E-state index contributed by atoms with van der Waals surface area (Å²) in [6, 6.07) is 2.42. The number of hydrogen-bond donors (Lipinski definition) is 0. The maximum Gasteiger partial charge on any atom is 0.134 e. The van der Waals surface area contributed by atoms with E-state index in [0.29, 0.717) is 6.54 Å². The van der Waals surface area contributed by atoms with Gasteiger partial charge >= 0.3 is 0 Å². The van der Waals surface area contributed by atoms with Gasteiger partial charge in [0.05, 0.1) is 13.2 Å². The Labute approximate surface area is 105 Å². The molecule has 1 aromatic carbocycles. The molecule has 1 saturated heterocycles. The molecule has 0 aliphatic carbocycles. The molecule has 0 bridgehead atoms. The zero-order chi connectivity index (χ0) is 13.1. The van der Waals surface area contributed by atoms with Crippen molar-refractivity contribution in [2.45, 2.75) is 19.1 Å². The van der Waals surface area contributed by atoms with E-state index in [1.807, 2.05) is 4.90 Å². The van der Waals surface area contributed by atoms with Gasteiger partial charge in [0.25, 0.3) is 0 Å². The molecule has 1 aliphatic rings. The van der Waals surface area contributed by atoms with Crippen LogP contribution < -0.4 is 4.74 Å². The Hall–Kier alpha value is -1.20. The van der Waals surface area contributed by atoms with Crippen molar-refractivity contribution in [3.8, 4) is 5.75 Å². The van der Waals surface area contributed by atoms with E-state index in [1.165, 1.54) is 19.2 Å². The van der Waals surface area contributed by atoms with Crippen molar-refractivity contribution in [2.24, 2.45) is 0 Å². The van der Waals surface area contributed by atoms with E-state index < -0.39 is 11.6 Å². The number of methoxy groups -OCH3 is 2. The first-order chi connectivity index (χ1) is 8.63. The summed E-state index contributed by atoms with van der Waals surface area (Å²) < 4.78 is 37.6. The highest BCUT2D eigenvalue weighted by atomic mass is 19.1. The lowest BCUT2D eigenvalue weighted by atomic mass is 10.1. The Bertz CT molecular complexity index is 402. The minimum absolute atomic E-state index is 0.0903. The van der Waals surface area contributed by atoms with Gasteiger partial charge < -0.3 is 9.47 Å². The Balaban J connectivity index is 2.10. The van der Waals surface area contributed by atoms with E-state index in [4.69, 9.17) is 9.47 Å². The summed E-state index contributed by atoms with van der Waals surface area (Å²) in [5.74, 6) is -0.926. The van der Waals surface area contributed by atoms with Crippen LogP contribution in [0, 0.1) is 11.6 Å². The highest BCUT2D eigenvalue weighted by molar-refractivity contribution is 5.30. The van der Waals surface area contributed by atoms with Crippen LogP contribution in [0.2, 0.25) is 0 Å². The van der Waals surface area contributed by atoms with E-state index in [1.54, 1.807) is 7.11 Å². The van der Waals surface area contributed by atoms with Crippen molar-refractivity contribution >= 4 is 0 Å². The van der Waals surface area contributed by atoms with Crippen LogP contribution >= 0.6 is 0 Å². The van der Waals surface area contributed by atoms with Gasteiger partial charge in [-0.1, -0.05) is 0 Å². The molecule has 100 valence electrons. The molecular formula is C13H17F2NO2. The molecule has 3 nitrogen and oxygen atoms in total. The fourth-order valence-corrected chi connectivity index (χ4v) is 2.21. The van der Waals surface area contributed by atoms with E-state index >= 15 is 0 Å². The predicted molar refractivity (Wildman–Crippen MR) is 63.6 cm³/mol. The van der Waals surface area contributed by atoms with Crippen molar-refractivity contribution in [2.75, 3.05) is 27.3 Å². The lowest BCUT2D eigenvalue weighted by Crippen LogP contribution is -2.23. The summed E-state index contributed by atoms with van der Waals surface area (Å²) in [6.07, 6.45) is 1.06. The molecule has 0 N–H and O–H groups in total. The Morgan fingerprint density at radius 2 is 1.94 bits per heavy atom. The smallest absolute Gasteiger partial charge is 0.134 e. The number of hydrogen-bond acceptors (Lipinski definition) is 3. The van der Waals surface area contributed by atoms with Crippen molar-refractivity contribution in [1.82, 2.24) is 4.90 Å². The van der Waals surface area contributed by atoms with Crippen LogP contribution in [0.5, 0.6) is 5.75 Å². The lowest BCUT2D eigenvalue weighted by Gasteiger charge is -2.17. The van der Waals surface area contributed by atoms with Crippen molar-refractivity contribution in [1.29, 1.82) is 0 Å².